The molecule has 0 amide bonds. The maximum Gasteiger partial charge on any atom is 0.144 e. The third kappa shape index (κ3) is 3.10. The number of hydrogen-bond donors (Lipinski definition) is 1. The van der Waals surface area contributed by atoms with Crippen LogP contribution in [0.4, 0.5) is 4.39 Å². The van der Waals surface area contributed by atoms with Crippen molar-refractivity contribution >= 4 is 11.6 Å². The van der Waals surface area contributed by atoms with Crippen LogP contribution in [0.2, 0.25) is 5.02 Å². The molecular formula is C15H21ClFNO. The van der Waals surface area contributed by atoms with Crippen molar-refractivity contribution in [3.63, 3.8) is 0 Å². The third-order valence-electron chi connectivity index (χ3n) is 4.13. The summed E-state index contributed by atoms with van der Waals surface area (Å²) in [6.07, 6.45) is 1.74. The second kappa shape index (κ2) is 6.21. The van der Waals surface area contributed by atoms with Crippen molar-refractivity contribution in [2.75, 3.05) is 19.7 Å². The van der Waals surface area contributed by atoms with Crippen LogP contribution in [0.5, 0.6) is 0 Å². The van der Waals surface area contributed by atoms with Gasteiger partial charge in [-0.1, -0.05) is 30.7 Å². The largest absolute Gasteiger partial charge is 0.378 e. The molecule has 0 spiro atoms. The van der Waals surface area contributed by atoms with E-state index in [-0.39, 0.29) is 22.4 Å². The van der Waals surface area contributed by atoms with Crippen LogP contribution in [0.25, 0.3) is 0 Å². The number of ether oxygens (including phenoxy) is 1. The van der Waals surface area contributed by atoms with Crippen LogP contribution in [0.3, 0.4) is 0 Å². The van der Waals surface area contributed by atoms with Crippen molar-refractivity contribution in [1.29, 1.82) is 0 Å². The minimum atomic E-state index is -0.292. The van der Waals surface area contributed by atoms with Crippen molar-refractivity contribution in [3.05, 3.63) is 34.6 Å². The maximum absolute atomic E-state index is 14.1. The number of nitrogens with one attached hydrogen (secondary N) is 1. The van der Waals surface area contributed by atoms with Gasteiger partial charge in [-0.15, -0.1) is 0 Å². The quantitative estimate of drug-likeness (QED) is 0.895. The summed E-state index contributed by atoms with van der Waals surface area (Å²) >= 11 is 5.86. The Kier molecular flexibility index (Phi) is 4.82. The van der Waals surface area contributed by atoms with Gasteiger partial charge in [-0.05, 0) is 37.9 Å². The van der Waals surface area contributed by atoms with Crippen molar-refractivity contribution in [1.82, 2.24) is 5.32 Å². The molecule has 2 rings (SSSR count). The van der Waals surface area contributed by atoms with Gasteiger partial charge in [0.2, 0.25) is 0 Å². The highest BCUT2D eigenvalue weighted by Crippen LogP contribution is 2.38. The fourth-order valence-electron chi connectivity index (χ4n) is 2.78. The summed E-state index contributed by atoms with van der Waals surface area (Å²) in [5.74, 6) is -0.292. The van der Waals surface area contributed by atoms with E-state index in [0.29, 0.717) is 12.0 Å². The Morgan fingerprint density at radius 2 is 2.32 bits per heavy atom. The van der Waals surface area contributed by atoms with Gasteiger partial charge in [0.05, 0.1) is 11.1 Å². The molecule has 0 aliphatic carbocycles. The molecule has 2 atom stereocenters. The molecule has 19 heavy (non-hydrogen) atoms. The second-order valence-electron chi connectivity index (χ2n) is 5.30. The molecule has 4 heteroatoms. The van der Waals surface area contributed by atoms with Gasteiger partial charge in [-0.25, -0.2) is 4.39 Å². The highest BCUT2D eigenvalue weighted by atomic mass is 35.5. The lowest BCUT2D eigenvalue weighted by Gasteiger charge is -2.33. The summed E-state index contributed by atoms with van der Waals surface area (Å²) in [6, 6.07) is 5.22. The van der Waals surface area contributed by atoms with Gasteiger partial charge < -0.3 is 10.1 Å². The van der Waals surface area contributed by atoms with Gasteiger partial charge >= 0.3 is 0 Å². The molecule has 2 unspecified atom stereocenters. The molecule has 1 aliphatic rings. The first-order valence-electron chi connectivity index (χ1n) is 6.84. The normalized spacial score (nSPS) is 26.8. The predicted molar refractivity (Wildman–Crippen MR) is 76.1 cm³/mol. The summed E-state index contributed by atoms with van der Waals surface area (Å²) in [5.41, 5.74) is 0.643. The van der Waals surface area contributed by atoms with E-state index in [4.69, 9.17) is 16.3 Å². The summed E-state index contributed by atoms with van der Waals surface area (Å²) in [7, 11) is 0. The Hall–Kier alpha value is -0.640. The van der Waals surface area contributed by atoms with Gasteiger partial charge in [0, 0.05) is 18.6 Å². The van der Waals surface area contributed by atoms with E-state index < -0.39 is 0 Å². The molecule has 1 aromatic rings. The molecule has 0 radical (unpaired) electrons. The smallest absolute Gasteiger partial charge is 0.144 e. The Morgan fingerprint density at radius 3 is 2.95 bits per heavy atom. The lowest BCUT2D eigenvalue weighted by molar-refractivity contribution is 0.0629. The van der Waals surface area contributed by atoms with Crippen LogP contribution in [0.15, 0.2) is 18.2 Å². The van der Waals surface area contributed by atoms with Crippen LogP contribution >= 0.6 is 11.6 Å². The molecule has 0 bridgehead atoms. The van der Waals surface area contributed by atoms with Crippen molar-refractivity contribution in [2.45, 2.75) is 32.8 Å². The third-order valence-corrected chi connectivity index (χ3v) is 4.42. The lowest BCUT2D eigenvalue weighted by atomic mass is 9.76. The van der Waals surface area contributed by atoms with E-state index >= 15 is 0 Å². The van der Waals surface area contributed by atoms with Crippen LogP contribution in [-0.4, -0.2) is 25.8 Å². The van der Waals surface area contributed by atoms with Crippen LogP contribution in [-0.2, 0) is 11.2 Å². The summed E-state index contributed by atoms with van der Waals surface area (Å²) in [6.45, 7) is 6.65. The van der Waals surface area contributed by atoms with Crippen LogP contribution in [0, 0.1) is 11.2 Å². The first-order chi connectivity index (χ1) is 9.09. The van der Waals surface area contributed by atoms with Gasteiger partial charge in [0.15, 0.2) is 0 Å². The van der Waals surface area contributed by atoms with Gasteiger partial charge in [-0.2, -0.15) is 0 Å². The molecule has 0 saturated carbocycles. The molecule has 1 aromatic carbocycles. The molecule has 1 N–H and O–H groups in total. The molecule has 1 aliphatic heterocycles. The molecule has 0 aromatic heterocycles. The van der Waals surface area contributed by atoms with Crippen LogP contribution < -0.4 is 5.32 Å². The first-order valence-corrected chi connectivity index (χ1v) is 7.22. The predicted octanol–water partition coefficient (Wildman–Crippen LogP) is 3.43. The zero-order valence-electron chi connectivity index (χ0n) is 11.5. The highest BCUT2D eigenvalue weighted by molar-refractivity contribution is 6.30. The minimum absolute atomic E-state index is 0.0401. The summed E-state index contributed by atoms with van der Waals surface area (Å²) in [4.78, 5) is 0. The first kappa shape index (κ1) is 14.8. The van der Waals surface area contributed by atoms with Crippen LogP contribution in [0.1, 0.15) is 25.8 Å². The number of benzene rings is 1. The van der Waals surface area contributed by atoms with Gasteiger partial charge in [0.1, 0.15) is 5.82 Å². The molecule has 1 heterocycles. The fraction of sp³-hybridized carbons (Fsp3) is 0.600. The zero-order chi connectivity index (χ0) is 13.9. The minimum Gasteiger partial charge on any atom is -0.378 e. The Bertz CT molecular complexity index is 440. The number of hydrogen-bond acceptors (Lipinski definition) is 2. The lowest BCUT2D eigenvalue weighted by Crippen LogP contribution is -2.41. The maximum atomic E-state index is 14.1. The standard InChI is InChI=1S/C15H21ClFNO/c1-3-18-10-15(7-8-19-11(15)2)9-12-5-4-6-13(16)14(12)17/h4-6,11,18H,3,7-10H2,1-2H3. The van der Waals surface area contributed by atoms with E-state index in [1.165, 1.54) is 0 Å². The average Bonchev–Trinajstić information content (AvgIpc) is 2.75. The second-order valence-corrected chi connectivity index (χ2v) is 5.70. The van der Waals surface area contributed by atoms with Crippen molar-refractivity contribution < 1.29 is 9.13 Å². The number of halogens is 2. The zero-order valence-corrected chi connectivity index (χ0v) is 12.3. The van der Waals surface area contributed by atoms with E-state index in [1.807, 2.05) is 12.1 Å². The van der Waals surface area contributed by atoms with E-state index in [1.54, 1.807) is 6.07 Å². The molecule has 2 nitrogen and oxygen atoms in total. The number of rotatable bonds is 5. The molecule has 1 saturated heterocycles. The average molecular weight is 286 g/mol. The SMILES string of the molecule is CCNCC1(Cc2cccc(Cl)c2F)CCOC1C. The van der Waals surface area contributed by atoms with E-state index in [9.17, 15) is 4.39 Å². The van der Waals surface area contributed by atoms with Gasteiger partial charge in [0.25, 0.3) is 0 Å². The monoisotopic (exact) mass is 285 g/mol. The van der Waals surface area contributed by atoms with Crippen molar-refractivity contribution in [3.8, 4) is 0 Å². The Morgan fingerprint density at radius 1 is 1.53 bits per heavy atom. The summed E-state index contributed by atoms with van der Waals surface area (Å²) in [5, 5.41) is 3.58. The topological polar surface area (TPSA) is 21.3 Å². The summed E-state index contributed by atoms with van der Waals surface area (Å²) < 4.78 is 19.8. The van der Waals surface area contributed by atoms with Crippen molar-refractivity contribution in [2.24, 2.45) is 5.41 Å². The molecule has 106 valence electrons. The highest BCUT2D eigenvalue weighted by Gasteiger charge is 2.41. The molecular weight excluding hydrogens is 265 g/mol. The van der Waals surface area contributed by atoms with E-state index in [2.05, 4.69) is 19.2 Å². The molecule has 1 fully saturated rings. The van der Waals surface area contributed by atoms with Gasteiger partial charge in [-0.3, -0.25) is 0 Å². The van der Waals surface area contributed by atoms with E-state index in [0.717, 1.165) is 26.1 Å². The Balaban J connectivity index is 2.23. The Labute approximate surface area is 119 Å². The fourth-order valence-corrected chi connectivity index (χ4v) is 2.98.